The van der Waals surface area contributed by atoms with Crippen molar-refractivity contribution in [2.45, 2.75) is 32.6 Å². The highest BCUT2D eigenvalue weighted by atomic mass is 127. The number of guanidine groups is 1. The lowest BCUT2D eigenvalue weighted by atomic mass is 10.1. The Hall–Kier alpha value is -1.29. The summed E-state index contributed by atoms with van der Waals surface area (Å²) in [5.41, 5.74) is 0. The number of halogens is 1. The molecule has 1 N–H and O–H groups in total. The summed E-state index contributed by atoms with van der Waals surface area (Å²) in [6.07, 6.45) is 6.08. The first-order valence-corrected chi connectivity index (χ1v) is 10.3. The van der Waals surface area contributed by atoms with Gasteiger partial charge in [0, 0.05) is 58.8 Å². The summed E-state index contributed by atoms with van der Waals surface area (Å²) in [6, 6.07) is 3.90. The van der Waals surface area contributed by atoms with Gasteiger partial charge in [-0.05, 0) is 38.3 Å². The van der Waals surface area contributed by atoms with Gasteiger partial charge in [0.1, 0.15) is 5.76 Å². The molecule has 3 rings (SSSR count). The van der Waals surface area contributed by atoms with Crippen molar-refractivity contribution in [3.8, 4) is 0 Å². The van der Waals surface area contributed by atoms with Crippen molar-refractivity contribution in [3.63, 3.8) is 0 Å². The van der Waals surface area contributed by atoms with Gasteiger partial charge in [0.15, 0.2) is 5.96 Å². The molecule has 0 unspecified atom stereocenters. The van der Waals surface area contributed by atoms with Crippen LogP contribution >= 0.6 is 24.0 Å². The summed E-state index contributed by atoms with van der Waals surface area (Å²) < 4.78 is 5.38. The van der Waals surface area contributed by atoms with E-state index in [0.29, 0.717) is 19.0 Å². The molecule has 8 heteroatoms. The molecule has 7 nitrogen and oxygen atoms in total. The van der Waals surface area contributed by atoms with Crippen molar-refractivity contribution >= 4 is 35.8 Å². The number of hydrogen-bond acceptors (Lipinski definition) is 4. The van der Waals surface area contributed by atoms with Crippen LogP contribution in [0, 0.1) is 0 Å². The smallest absolute Gasteiger partial charge is 0.236 e. The Bertz CT molecular complexity index is 594. The van der Waals surface area contributed by atoms with E-state index in [4.69, 9.17) is 9.41 Å². The molecule has 0 bridgehead atoms. The number of nitrogens with zero attached hydrogens (tertiary/aromatic N) is 4. The lowest BCUT2D eigenvalue weighted by Gasteiger charge is -2.37. The molecule has 1 amide bonds. The van der Waals surface area contributed by atoms with Gasteiger partial charge in [0.05, 0.1) is 12.8 Å². The minimum absolute atomic E-state index is 0. The molecule has 2 aliphatic heterocycles. The Balaban J connectivity index is 0.00000280. The van der Waals surface area contributed by atoms with Crippen molar-refractivity contribution in [1.29, 1.82) is 0 Å². The first kappa shape index (κ1) is 23.0. The number of carbonyl (C=O) groups is 1. The van der Waals surface area contributed by atoms with Crippen LogP contribution in [0.25, 0.3) is 0 Å². The van der Waals surface area contributed by atoms with Gasteiger partial charge in [-0.2, -0.15) is 0 Å². The fourth-order valence-corrected chi connectivity index (χ4v) is 3.71. The van der Waals surface area contributed by atoms with Gasteiger partial charge in [0.2, 0.25) is 5.91 Å². The zero-order valence-corrected chi connectivity index (χ0v) is 19.3. The van der Waals surface area contributed by atoms with E-state index >= 15 is 0 Å². The van der Waals surface area contributed by atoms with Gasteiger partial charge in [-0.3, -0.25) is 14.7 Å². The van der Waals surface area contributed by atoms with E-state index in [1.807, 2.05) is 17.0 Å². The van der Waals surface area contributed by atoms with Crippen LogP contribution in [0.5, 0.6) is 0 Å². The van der Waals surface area contributed by atoms with Gasteiger partial charge in [-0.1, -0.05) is 0 Å². The SMILES string of the molecule is CCNC(=NCCc1ccco1)N1CCN(CC(=O)N2CCCCC2)CC1.I. The summed E-state index contributed by atoms with van der Waals surface area (Å²) in [5.74, 6) is 2.23. The van der Waals surface area contributed by atoms with Gasteiger partial charge in [0.25, 0.3) is 0 Å². The number of likely N-dealkylation sites (tertiary alicyclic amines) is 1. The fraction of sp³-hybridized carbons (Fsp3) is 0.700. The predicted octanol–water partition coefficient (Wildman–Crippen LogP) is 2.04. The Morgan fingerprint density at radius 1 is 1.11 bits per heavy atom. The van der Waals surface area contributed by atoms with Crippen molar-refractivity contribution < 1.29 is 9.21 Å². The number of hydrogen-bond donors (Lipinski definition) is 1. The number of furan rings is 1. The molecule has 0 atom stereocenters. The number of rotatable bonds is 6. The topological polar surface area (TPSA) is 64.3 Å². The molecular weight excluding hydrogens is 469 g/mol. The molecule has 2 saturated heterocycles. The second-order valence-corrected chi connectivity index (χ2v) is 7.27. The maximum atomic E-state index is 12.5. The van der Waals surface area contributed by atoms with Crippen molar-refractivity contribution in [2.24, 2.45) is 4.99 Å². The summed E-state index contributed by atoms with van der Waals surface area (Å²) in [4.78, 5) is 23.8. The van der Waals surface area contributed by atoms with E-state index < -0.39 is 0 Å². The number of nitrogens with one attached hydrogen (secondary N) is 1. The average molecular weight is 503 g/mol. The highest BCUT2D eigenvalue weighted by Crippen LogP contribution is 2.10. The average Bonchev–Trinajstić information content (AvgIpc) is 3.22. The zero-order valence-electron chi connectivity index (χ0n) is 16.9. The number of amides is 1. The van der Waals surface area contributed by atoms with E-state index in [1.165, 1.54) is 6.42 Å². The molecule has 0 aliphatic carbocycles. The van der Waals surface area contributed by atoms with Crippen LogP contribution in [0.15, 0.2) is 27.8 Å². The van der Waals surface area contributed by atoms with Crippen LogP contribution in [0.1, 0.15) is 31.9 Å². The second kappa shape index (κ2) is 12.3. The molecule has 28 heavy (non-hydrogen) atoms. The van der Waals surface area contributed by atoms with Crippen LogP contribution in [0.2, 0.25) is 0 Å². The van der Waals surface area contributed by atoms with Crippen molar-refractivity contribution in [1.82, 2.24) is 20.0 Å². The van der Waals surface area contributed by atoms with E-state index in [2.05, 4.69) is 22.0 Å². The Labute approximate surface area is 185 Å². The third kappa shape index (κ3) is 6.95. The quantitative estimate of drug-likeness (QED) is 0.366. The largest absolute Gasteiger partial charge is 0.469 e. The first-order valence-electron chi connectivity index (χ1n) is 10.3. The lowest BCUT2D eigenvalue weighted by Crippen LogP contribution is -2.54. The lowest BCUT2D eigenvalue weighted by molar-refractivity contribution is -0.133. The standard InChI is InChI=1S/C20H33N5O2.HI/c1-2-21-20(22-9-8-18-7-6-16-27-18)25-14-12-23(13-15-25)17-19(26)24-10-4-3-5-11-24;/h6-7,16H,2-5,8-15,17H2,1H3,(H,21,22);1H. The molecule has 2 aliphatic rings. The second-order valence-electron chi connectivity index (χ2n) is 7.27. The fourth-order valence-electron chi connectivity index (χ4n) is 3.71. The Kier molecular flexibility index (Phi) is 10.1. The van der Waals surface area contributed by atoms with Crippen LogP contribution < -0.4 is 5.32 Å². The van der Waals surface area contributed by atoms with E-state index in [9.17, 15) is 4.79 Å². The van der Waals surface area contributed by atoms with E-state index in [0.717, 1.165) is 76.8 Å². The Morgan fingerprint density at radius 2 is 1.86 bits per heavy atom. The Morgan fingerprint density at radius 3 is 2.50 bits per heavy atom. The van der Waals surface area contributed by atoms with Crippen LogP contribution in [0.3, 0.4) is 0 Å². The van der Waals surface area contributed by atoms with Gasteiger partial charge in [-0.15, -0.1) is 24.0 Å². The monoisotopic (exact) mass is 503 g/mol. The zero-order chi connectivity index (χ0) is 18.9. The molecule has 1 aromatic heterocycles. The number of aliphatic imine (C=N–C) groups is 1. The van der Waals surface area contributed by atoms with Gasteiger partial charge in [-0.25, -0.2) is 0 Å². The number of carbonyl (C=O) groups excluding carboxylic acids is 1. The van der Waals surface area contributed by atoms with E-state index in [-0.39, 0.29) is 24.0 Å². The summed E-state index contributed by atoms with van der Waals surface area (Å²) >= 11 is 0. The van der Waals surface area contributed by atoms with Gasteiger partial charge >= 0.3 is 0 Å². The van der Waals surface area contributed by atoms with Crippen molar-refractivity contribution in [3.05, 3.63) is 24.2 Å². The summed E-state index contributed by atoms with van der Waals surface area (Å²) in [6.45, 7) is 9.70. The molecule has 2 fully saturated rings. The highest BCUT2D eigenvalue weighted by molar-refractivity contribution is 14.0. The van der Waals surface area contributed by atoms with E-state index in [1.54, 1.807) is 6.26 Å². The molecule has 0 spiro atoms. The molecule has 0 radical (unpaired) electrons. The third-order valence-corrected chi connectivity index (χ3v) is 5.27. The molecule has 0 aromatic carbocycles. The van der Waals surface area contributed by atoms with Gasteiger partial charge < -0.3 is 19.5 Å². The van der Waals surface area contributed by atoms with Crippen LogP contribution in [-0.2, 0) is 11.2 Å². The molecule has 158 valence electrons. The molecular formula is C20H34IN5O2. The molecule has 1 aromatic rings. The number of piperidine rings is 1. The van der Waals surface area contributed by atoms with Crippen LogP contribution in [-0.4, -0.2) is 85.5 Å². The first-order chi connectivity index (χ1) is 13.3. The minimum Gasteiger partial charge on any atom is -0.469 e. The maximum Gasteiger partial charge on any atom is 0.236 e. The minimum atomic E-state index is 0. The maximum absolute atomic E-state index is 12.5. The molecule has 3 heterocycles. The van der Waals surface area contributed by atoms with Crippen molar-refractivity contribution in [2.75, 3.05) is 58.9 Å². The third-order valence-electron chi connectivity index (χ3n) is 5.27. The summed E-state index contributed by atoms with van der Waals surface area (Å²) in [7, 11) is 0. The predicted molar refractivity (Wildman–Crippen MR) is 122 cm³/mol. The molecule has 0 saturated carbocycles. The summed E-state index contributed by atoms with van der Waals surface area (Å²) in [5, 5.41) is 3.39. The highest BCUT2D eigenvalue weighted by Gasteiger charge is 2.24. The van der Waals surface area contributed by atoms with Crippen LogP contribution in [0.4, 0.5) is 0 Å². The normalized spacial score (nSPS) is 18.7. The number of piperazine rings is 1.